The number of allylic oxidation sites excluding steroid dienone is 4. The van der Waals surface area contributed by atoms with Gasteiger partial charge in [-0.15, -0.1) is 0 Å². The van der Waals surface area contributed by atoms with Crippen molar-refractivity contribution < 1.29 is 50.0 Å². The zero-order valence-corrected chi connectivity index (χ0v) is 50.2. The number of amides is 1. The molecule has 0 aromatic carbocycles. The van der Waals surface area contributed by atoms with Crippen LogP contribution in [0.25, 0.3) is 0 Å². The molecule has 1 heterocycles. The van der Waals surface area contributed by atoms with Gasteiger partial charge in [-0.1, -0.05) is 295 Å². The molecule has 9 unspecified atom stereocenters. The lowest BCUT2D eigenvalue weighted by atomic mass is 9.98. The van der Waals surface area contributed by atoms with Crippen LogP contribution in [0.2, 0.25) is 0 Å². The van der Waals surface area contributed by atoms with Crippen LogP contribution in [0.15, 0.2) is 24.3 Å². The van der Waals surface area contributed by atoms with Gasteiger partial charge in [0.2, 0.25) is 5.91 Å². The summed E-state index contributed by atoms with van der Waals surface area (Å²) in [6.45, 7) is 3.49. The summed E-state index contributed by atoms with van der Waals surface area (Å²) in [6, 6.07) is -1.19. The molecule has 77 heavy (non-hydrogen) atoms. The number of unbranched alkanes of at least 4 members (excludes halogenated alkanes) is 42. The van der Waals surface area contributed by atoms with Crippen molar-refractivity contribution in [3.63, 3.8) is 0 Å². The smallest absolute Gasteiger partial charge is 0.249 e. The van der Waals surface area contributed by atoms with Gasteiger partial charge in [0.25, 0.3) is 0 Å². The third-order valence-corrected chi connectivity index (χ3v) is 16.2. The zero-order chi connectivity index (χ0) is 56.1. The Hall–Kier alpha value is -1.41. The van der Waals surface area contributed by atoms with Crippen molar-refractivity contribution in [1.29, 1.82) is 0 Å². The molecule has 11 heteroatoms. The molecular formula is C66H127NO10. The van der Waals surface area contributed by atoms with Gasteiger partial charge in [-0.05, 0) is 51.4 Å². The monoisotopic (exact) mass is 1090 g/mol. The normalized spacial score (nSPS) is 19.6. The van der Waals surface area contributed by atoms with Crippen LogP contribution in [-0.2, 0) is 14.3 Å². The van der Waals surface area contributed by atoms with Crippen LogP contribution < -0.4 is 5.32 Å². The predicted molar refractivity (Wildman–Crippen MR) is 321 cm³/mol. The lowest BCUT2D eigenvalue weighted by Crippen LogP contribution is -2.60. The number of aliphatic hydroxyl groups is 7. The molecular weight excluding hydrogens is 967 g/mol. The van der Waals surface area contributed by atoms with E-state index in [1.54, 1.807) is 0 Å². The van der Waals surface area contributed by atoms with Gasteiger partial charge in [0.05, 0.1) is 25.4 Å². The molecule has 0 saturated carbocycles. The number of hydrogen-bond acceptors (Lipinski definition) is 10. The summed E-state index contributed by atoms with van der Waals surface area (Å²) in [4.78, 5) is 13.2. The Balaban J connectivity index is 2.24. The van der Waals surface area contributed by atoms with E-state index in [1.807, 2.05) is 0 Å². The van der Waals surface area contributed by atoms with Gasteiger partial charge in [0.1, 0.15) is 36.6 Å². The summed E-state index contributed by atoms with van der Waals surface area (Å²) in [6.07, 6.45) is 56.8. The molecule has 1 amide bonds. The van der Waals surface area contributed by atoms with E-state index in [4.69, 9.17) is 9.47 Å². The molecule has 9 atom stereocenters. The van der Waals surface area contributed by atoms with E-state index in [1.165, 1.54) is 238 Å². The third-order valence-electron chi connectivity index (χ3n) is 16.2. The Morgan fingerprint density at radius 3 is 1.16 bits per heavy atom. The van der Waals surface area contributed by atoms with Crippen LogP contribution in [0.1, 0.15) is 322 Å². The second kappa shape index (κ2) is 55.1. The van der Waals surface area contributed by atoms with Gasteiger partial charge >= 0.3 is 0 Å². The second-order valence-electron chi connectivity index (χ2n) is 23.5. The quantitative estimate of drug-likeness (QED) is 0.0215. The first-order valence-electron chi connectivity index (χ1n) is 33.2. The Labute approximate surface area is 474 Å². The maximum atomic E-state index is 13.2. The SMILES string of the molecule is CCCCCCCCCCCCCCC/C=C/CC/C=C/CCCC(O)C(O)C(COC1OC(CO)C(O)C(O)C1O)NC(=O)C(O)CCCCCCCCCCCCCCCCCCCCCCCCCCCCCC. The second-order valence-corrected chi connectivity index (χ2v) is 23.5. The van der Waals surface area contributed by atoms with E-state index in [0.717, 1.165) is 38.5 Å². The molecule has 1 saturated heterocycles. The highest BCUT2D eigenvalue weighted by Gasteiger charge is 2.44. The largest absolute Gasteiger partial charge is 0.394 e. The predicted octanol–water partition coefficient (Wildman–Crippen LogP) is 15.2. The highest BCUT2D eigenvalue weighted by molar-refractivity contribution is 5.80. The fourth-order valence-corrected chi connectivity index (χ4v) is 10.9. The van der Waals surface area contributed by atoms with Crippen molar-refractivity contribution in [2.24, 2.45) is 0 Å². The molecule has 1 fully saturated rings. The van der Waals surface area contributed by atoms with Gasteiger partial charge in [0, 0.05) is 0 Å². The molecule has 1 rings (SSSR count). The molecule has 456 valence electrons. The van der Waals surface area contributed by atoms with Gasteiger partial charge in [-0.25, -0.2) is 0 Å². The minimum absolute atomic E-state index is 0.249. The van der Waals surface area contributed by atoms with Crippen molar-refractivity contribution in [1.82, 2.24) is 5.32 Å². The van der Waals surface area contributed by atoms with Crippen molar-refractivity contribution in [2.75, 3.05) is 13.2 Å². The average molecular weight is 1090 g/mol. The van der Waals surface area contributed by atoms with Crippen molar-refractivity contribution in [2.45, 2.75) is 377 Å². The Kier molecular flexibility index (Phi) is 52.7. The van der Waals surface area contributed by atoms with Gasteiger partial charge < -0.3 is 50.5 Å². The summed E-state index contributed by atoms with van der Waals surface area (Å²) in [5.41, 5.74) is 0. The van der Waals surface area contributed by atoms with Crippen LogP contribution in [0, 0.1) is 0 Å². The number of ether oxygens (including phenoxy) is 2. The maximum Gasteiger partial charge on any atom is 0.249 e. The summed E-state index contributed by atoms with van der Waals surface area (Å²) in [5, 5.41) is 76.3. The van der Waals surface area contributed by atoms with E-state index < -0.39 is 74.2 Å². The van der Waals surface area contributed by atoms with Crippen LogP contribution in [0.5, 0.6) is 0 Å². The average Bonchev–Trinajstić information content (AvgIpc) is 3.43. The van der Waals surface area contributed by atoms with Crippen molar-refractivity contribution in [3.8, 4) is 0 Å². The molecule has 0 spiro atoms. The summed E-state index contributed by atoms with van der Waals surface area (Å²) < 4.78 is 11.2. The first kappa shape index (κ1) is 73.6. The summed E-state index contributed by atoms with van der Waals surface area (Å²) in [7, 11) is 0. The number of aliphatic hydroxyl groups excluding tert-OH is 7. The van der Waals surface area contributed by atoms with Crippen LogP contribution in [0.3, 0.4) is 0 Å². The van der Waals surface area contributed by atoms with Gasteiger partial charge in [0.15, 0.2) is 6.29 Å². The molecule has 0 aliphatic carbocycles. The maximum absolute atomic E-state index is 13.2. The minimum atomic E-state index is -1.67. The lowest BCUT2D eigenvalue weighted by Gasteiger charge is -2.40. The van der Waals surface area contributed by atoms with E-state index in [0.29, 0.717) is 19.3 Å². The summed E-state index contributed by atoms with van der Waals surface area (Å²) in [5.74, 6) is -0.704. The number of nitrogens with one attached hydrogen (secondary N) is 1. The zero-order valence-electron chi connectivity index (χ0n) is 50.2. The molecule has 0 radical (unpaired) electrons. The molecule has 0 aromatic heterocycles. The molecule has 8 N–H and O–H groups in total. The van der Waals surface area contributed by atoms with Crippen LogP contribution in [0.4, 0.5) is 0 Å². The van der Waals surface area contributed by atoms with Gasteiger partial charge in [-0.2, -0.15) is 0 Å². The fourth-order valence-electron chi connectivity index (χ4n) is 10.9. The van der Waals surface area contributed by atoms with E-state index >= 15 is 0 Å². The van der Waals surface area contributed by atoms with Crippen molar-refractivity contribution in [3.05, 3.63) is 24.3 Å². The highest BCUT2D eigenvalue weighted by Crippen LogP contribution is 2.24. The van der Waals surface area contributed by atoms with E-state index in [2.05, 4.69) is 43.5 Å². The molecule has 11 nitrogen and oxygen atoms in total. The minimum Gasteiger partial charge on any atom is -0.394 e. The number of carbonyl (C=O) groups is 1. The molecule has 0 aromatic rings. The van der Waals surface area contributed by atoms with Crippen LogP contribution >= 0.6 is 0 Å². The highest BCUT2D eigenvalue weighted by atomic mass is 16.7. The number of hydrogen-bond donors (Lipinski definition) is 8. The summed E-state index contributed by atoms with van der Waals surface area (Å²) >= 11 is 0. The van der Waals surface area contributed by atoms with Crippen LogP contribution in [-0.4, -0.2) is 110 Å². The standard InChI is InChI=1S/C66H127NO10/c1-3-5-7-9-11-13-15-17-19-21-23-25-27-28-29-30-31-32-34-36-38-40-42-44-46-48-50-52-54-59(70)65(75)67-57(56-76-66-64(74)63(73)62(72)60(55-68)77-66)61(71)58(69)53-51-49-47-45-43-41-39-37-35-33-26-24-22-20-18-16-14-12-10-8-6-4-2/h37,39,45,47,57-64,66,68-74H,3-36,38,40-44,46,48-56H2,1-2H3,(H,67,75)/b39-37+,47-45+. The van der Waals surface area contributed by atoms with E-state index in [-0.39, 0.29) is 12.8 Å². The molecule has 1 aliphatic heterocycles. The Morgan fingerprint density at radius 1 is 0.442 bits per heavy atom. The van der Waals surface area contributed by atoms with E-state index in [9.17, 15) is 40.5 Å². The Morgan fingerprint density at radius 2 is 0.779 bits per heavy atom. The molecule has 1 aliphatic rings. The number of rotatable bonds is 58. The number of carbonyl (C=O) groups excluding carboxylic acids is 1. The molecule has 0 bridgehead atoms. The third kappa shape index (κ3) is 43.0. The fraction of sp³-hybridized carbons (Fsp3) is 0.924. The van der Waals surface area contributed by atoms with Crippen molar-refractivity contribution >= 4 is 5.91 Å². The van der Waals surface area contributed by atoms with Gasteiger partial charge in [-0.3, -0.25) is 4.79 Å². The first-order valence-corrected chi connectivity index (χ1v) is 33.2. The Bertz CT molecular complexity index is 1300. The lowest BCUT2D eigenvalue weighted by molar-refractivity contribution is -0.303. The first-order chi connectivity index (χ1) is 37.7. The topological polar surface area (TPSA) is 189 Å².